The number of aromatic nitrogens is 3. The first-order valence-electron chi connectivity index (χ1n) is 9.02. The average molecular weight is 322 g/mol. The Hall–Kier alpha value is -2.17. The lowest BCUT2D eigenvalue weighted by atomic mass is 10.0. The molecule has 0 saturated heterocycles. The molecule has 1 aromatic carbocycles. The Bertz CT molecular complexity index is 782. The molecule has 1 amide bonds. The van der Waals surface area contributed by atoms with E-state index in [-0.39, 0.29) is 17.9 Å². The highest BCUT2D eigenvalue weighted by atomic mass is 16.2. The molecule has 5 rings (SSSR count). The normalized spacial score (nSPS) is 23.2. The van der Waals surface area contributed by atoms with Crippen LogP contribution in [0.2, 0.25) is 0 Å². The molecule has 5 nitrogen and oxygen atoms in total. The minimum absolute atomic E-state index is 0.0231. The number of nitrogens with zero attached hydrogens (tertiary/aromatic N) is 4. The maximum atomic E-state index is 13.1. The van der Waals surface area contributed by atoms with Crippen LogP contribution in [0.25, 0.3) is 0 Å². The van der Waals surface area contributed by atoms with Gasteiger partial charge < -0.3 is 4.90 Å². The van der Waals surface area contributed by atoms with Crippen LogP contribution in [0.3, 0.4) is 0 Å². The summed E-state index contributed by atoms with van der Waals surface area (Å²) in [5.74, 6) is 2.87. The standard InChI is InChI=1S/C19H22N4O/c1-12-18-20-17(13-6-7-13)21-23(18)9-8-22(12)19(24)16-10-14-4-2-3-5-15(14)11-16/h2-5,12-13,16H,6-11H2,1H3/t12-/m1/s1. The second-order valence-electron chi connectivity index (χ2n) is 7.41. The number of rotatable bonds is 2. The highest BCUT2D eigenvalue weighted by molar-refractivity contribution is 5.81. The van der Waals surface area contributed by atoms with Crippen molar-refractivity contribution in [2.45, 2.75) is 51.1 Å². The quantitative estimate of drug-likeness (QED) is 0.853. The molecule has 1 fully saturated rings. The summed E-state index contributed by atoms with van der Waals surface area (Å²) in [5.41, 5.74) is 2.67. The number of fused-ring (bicyclic) bond motifs is 2. The van der Waals surface area contributed by atoms with Gasteiger partial charge in [0.15, 0.2) is 5.82 Å². The predicted octanol–water partition coefficient (Wildman–Crippen LogP) is 2.47. The third-order valence-electron chi connectivity index (χ3n) is 5.74. The van der Waals surface area contributed by atoms with Gasteiger partial charge in [-0.15, -0.1) is 0 Å². The van der Waals surface area contributed by atoms with E-state index in [9.17, 15) is 4.79 Å². The molecule has 0 bridgehead atoms. The van der Waals surface area contributed by atoms with Crippen molar-refractivity contribution in [2.24, 2.45) is 5.92 Å². The highest BCUT2D eigenvalue weighted by Gasteiger charge is 2.38. The summed E-state index contributed by atoms with van der Waals surface area (Å²) in [6.07, 6.45) is 4.16. The van der Waals surface area contributed by atoms with Crippen LogP contribution in [0.15, 0.2) is 24.3 Å². The van der Waals surface area contributed by atoms with Crippen molar-refractivity contribution in [1.29, 1.82) is 0 Å². The number of amides is 1. The van der Waals surface area contributed by atoms with Gasteiger partial charge >= 0.3 is 0 Å². The Labute approximate surface area is 141 Å². The minimum atomic E-state index is 0.0231. The smallest absolute Gasteiger partial charge is 0.227 e. The fourth-order valence-corrected chi connectivity index (χ4v) is 4.16. The molecule has 1 aliphatic heterocycles. The Balaban J connectivity index is 1.36. The van der Waals surface area contributed by atoms with Crippen molar-refractivity contribution in [2.75, 3.05) is 6.54 Å². The second-order valence-corrected chi connectivity index (χ2v) is 7.41. The first kappa shape index (κ1) is 14.2. The van der Waals surface area contributed by atoms with Crippen LogP contribution < -0.4 is 0 Å². The lowest BCUT2D eigenvalue weighted by molar-refractivity contribution is -0.138. The van der Waals surface area contributed by atoms with E-state index >= 15 is 0 Å². The first-order valence-corrected chi connectivity index (χ1v) is 9.02. The largest absolute Gasteiger partial charge is 0.331 e. The molecule has 124 valence electrons. The van der Waals surface area contributed by atoms with E-state index in [1.165, 1.54) is 24.0 Å². The van der Waals surface area contributed by atoms with Gasteiger partial charge in [-0.2, -0.15) is 5.10 Å². The molecular weight excluding hydrogens is 300 g/mol. The molecule has 0 radical (unpaired) electrons. The van der Waals surface area contributed by atoms with Crippen molar-refractivity contribution >= 4 is 5.91 Å². The van der Waals surface area contributed by atoms with Crippen LogP contribution in [0.1, 0.15) is 54.5 Å². The monoisotopic (exact) mass is 322 g/mol. The maximum absolute atomic E-state index is 13.1. The van der Waals surface area contributed by atoms with Gasteiger partial charge in [-0.25, -0.2) is 9.67 Å². The number of carbonyl (C=O) groups excluding carboxylic acids is 1. The van der Waals surface area contributed by atoms with E-state index < -0.39 is 0 Å². The van der Waals surface area contributed by atoms with E-state index in [0.29, 0.717) is 5.92 Å². The van der Waals surface area contributed by atoms with Gasteiger partial charge in [0.25, 0.3) is 0 Å². The van der Waals surface area contributed by atoms with Crippen LogP contribution in [-0.4, -0.2) is 32.1 Å². The predicted molar refractivity (Wildman–Crippen MR) is 89.5 cm³/mol. The summed E-state index contributed by atoms with van der Waals surface area (Å²) in [6.45, 7) is 3.61. The van der Waals surface area contributed by atoms with Gasteiger partial charge in [0.1, 0.15) is 5.82 Å². The molecule has 2 aromatic rings. The Morgan fingerprint density at radius 1 is 1.12 bits per heavy atom. The van der Waals surface area contributed by atoms with Gasteiger partial charge in [-0.1, -0.05) is 24.3 Å². The van der Waals surface area contributed by atoms with Crippen molar-refractivity contribution in [3.63, 3.8) is 0 Å². The fourth-order valence-electron chi connectivity index (χ4n) is 4.16. The Kier molecular flexibility index (Phi) is 3.05. The molecule has 1 saturated carbocycles. The van der Waals surface area contributed by atoms with Crippen molar-refractivity contribution in [3.8, 4) is 0 Å². The van der Waals surface area contributed by atoms with Crippen LogP contribution >= 0.6 is 0 Å². The van der Waals surface area contributed by atoms with Crippen LogP contribution in [0, 0.1) is 5.92 Å². The molecule has 0 unspecified atom stereocenters. The summed E-state index contributed by atoms with van der Waals surface area (Å²) in [7, 11) is 0. The summed E-state index contributed by atoms with van der Waals surface area (Å²) in [5, 5.41) is 4.65. The molecule has 1 aromatic heterocycles. The molecule has 0 spiro atoms. The topological polar surface area (TPSA) is 51.0 Å². The molecule has 2 aliphatic carbocycles. The lowest BCUT2D eigenvalue weighted by Crippen LogP contribution is -2.44. The molecular formula is C19H22N4O. The van der Waals surface area contributed by atoms with E-state index in [1.807, 2.05) is 9.58 Å². The fraction of sp³-hybridized carbons (Fsp3) is 0.526. The molecule has 3 aliphatic rings. The van der Waals surface area contributed by atoms with Gasteiger partial charge in [0.05, 0.1) is 12.6 Å². The molecule has 5 heteroatoms. The lowest BCUT2D eigenvalue weighted by Gasteiger charge is -2.34. The SMILES string of the molecule is C[C@@H]1c2nc(C3CC3)nn2CCN1C(=O)C1Cc2ccccc2C1. The average Bonchev–Trinajstić information content (AvgIpc) is 3.20. The number of carbonyl (C=O) groups is 1. The van der Waals surface area contributed by atoms with Crippen molar-refractivity contribution in [1.82, 2.24) is 19.7 Å². The molecule has 2 heterocycles. The van der Waals surface area contributed by atoms with Crippen LogP contribution in [-0.2, 0) is 24.2 Å². The number of benzene rings is 1. The zero-order valence-corrected chi connectivity index (χ0v) is 14.0. The highest BCUT2D eigenvalue weighted by Crippen LogP contribution is 2.39. The molecule has 24 heavy (non-hydrogen) atoms. The second kappa shape index (κ2) is 5.16. The Morgan fingerprint density at radius 3 is 2.50 bits per heavy atom. The summed E-state index contributed by atoms with van der Waals surface area (Å²) >= 11 is 0. The van der Waals surface area contributed by atoms with E-state index in [2.05, 4.69) is 36.3 Å². The van der Waals surface area contributed by atoms with Crippen molar-refractivity contribution < 1.29 is 4.79 Å². The molecule has 1 atom stereocenters. The van der Waals surface area contributed by atoms with Gasteiger partial charge in [0.2, 0.25) is 5.91 Å². The first-order chi connectivity index (χ1) is 11.7. The van der Waals surface area contributed by atoms with Gasteiger partial charge in [-0.05, 0) is 43.7 Å². The third-order valence-corrected chi connectivity index (χ3v) is 5.74. The zero-order chi connectivity index (χ0) is 16.3. The minimum Gasteiger partial charge on any atom is -0.331 e. The maximum Gasteiger partial charge on any atom is 0.227 e. The van der Waals surface area contributed by atoms with Crippen LogP contribution in [0.4, 0.5) is 0 Å². The third kappa shape index (κ3) is 2.18. The number of hydrogen-bond acceptors (Lipinski definition) is 3. The van der Waals surface area contributed by atoms with E-state index in [4.69, 9.17) is 4.98 Å². The van der Waals surface area contributed by atoms with Crippen molar-refractivity contribution in [3.05, 3.63) is 47.0 Å². The van der Waals surface area contributed by atoms with E-state index in [1.54, 1.807) is 0 Å². The van der Waals surface area contributed by atoms with E-state index in [0.717, 1.165) is 37.6 Å². The number of hydrogen-bond donors (Lipinski definition) is 0. The van der Waals surface area contributed by atoms with Crippen LogP contribution in [0.5, 0.6) is 0 Å². The summed E-state index contributed by atoms with van der Waals surface area (Å²) < 4.78 is 2.02. The van der Waals surface area contributed by atoms with Gasteiger partial charge in [-0.3, -0.25) is 4.79 Å². The molecule has 0 N–H and O–H groups in total. The summed E-state index contributed by atoms with van der Waals surface area (Å²) in [4.78, 5) is 19.9. The Morgan fingerprint density at radius 2 is 1.83 bits per heavy atom. The van der Waals surface area contributed by atoms with Gasteiger partial charge in [0, 0.05) is 18.4 Å². The summed E-state index contributed by atoms with van der Waals surface area (Å²) in [6, 6.07) is 8.46. The zero-order valence-electron chi connectivity index (χ0n) is 14.0.